The van der Waals surface area contributed by atoms with Crippen molar-refractivity contribution < 1.29 is 23.9 Å². The van der Waals surface area contributed by atoms with Crippen LogP contribution < -0.4 is 14.6 Å². The van der Waals surface area contributed by atoms with Gasteiger partial charge in [-0.3, -0.25) is 19.3 Å². The lowest BCUT2D eigenvalue weighted by Crippen LogP contribution is -2.51. The van der Waals surface area contributed by atoms with Gasteiger partial charge in [-0.2, -0.15) is 0 Å². The zero-order chi connectivity index (χ0) is 26.8. The molecule has 0 N–H and O–H groups in total. The number of amides is 2. The second kappa shape index (κ2) is 10.5. The summed E-state index contributed by atoms with van der Waals surface area (Å²) >= 11 is 6.50. The molecule has 1 atom stereocenters. The van der Waals surface area contributed by atoms with Crippen LogP contribution in [0.2, 0.25) is 5.02 Å². The molecule has 11 heteroatoms. The maximum absolute atomic E-state index is 13.9. The van der Waals surface area contributed by atoms with Gasteiger partial charge in [-0.25, -0.2) is 5.01 Å². The van der Waals surface area contributed by atoms with Crippen LogP contribution in [0.1, 0.15) is 29.8 Å². The third-order valence-electron chi connectivity index (χ3n) is 6.18. The summed E-state index contributed by atoms with van der Waals surface area (Å²) in [6, 6.07) is 18.5. The summed E-state index contributed by atoms with van der Waals surface area (Å²) in [6.07, 6.45) is 0. The number of fused-ring (bicyclic) bond motifs is 2. The van der Waals surface area contributed by atoms with Crippen LogP contribution in [0.15, 0.2) is 66.7 Å². The zero-order valence-corrected chi connectivity index (χ0v) is 21.5. The maximum atomic E-state index is 13.9. The number of aromatic nitrogens is 3. The van der Waals surface area contributed by atoms with E-state index in [4.69, 9.17) is 21.1 Å². The number of nitrogens with zero attached hydrogens (tertiary/aromatic N) is 5. The summed E-state index contributed by atoms with van der Waals surface area (Å²) in [4.78, 5) is 41.5. The van der Waals surface area contributed by atoms with E-state index in [1.54, 1.807) is 25.1 Å². The average molecular weight is 534 g/mol. The van der Waals surface area contributed by atoms with E-state index in [9.17, 15) is 14.4 Å². The summed E-state index contributed by atoms with van der Waals surface area (Å²) in [7, 11) is 0. The molecule has 194 valence electrons. The fraction of sp³-hybridized carbons (Fsp3) is 0.222. The Balaban J connectivity index is 1.46. The molecular weight excluding hydrogens is 510 g/mol. The highest BCUT2D eigenvalue weighted by atomic mass is 35.5. The van der Waals surface area contributed by atoms with Crippen LogP contribution in [-0.4, -0.2) is 52.1 Å². The van der Waals surface area contributed by atoms with Gasteiger partial charge in [0.05, 0.1) is 17.1 Å². The van der Waals surface area contributed by atoms with Crippen molar-refractivity contribution in [1.82, 2.24) is 15.1 Å². The number of para-hydroxylation sites is 2. The van der Waals surface area contributed by atoms with Crippen molar-refractivity contribution in [2.45, 2.75) is 26.4 Å². The smallest absolute Gasteiger partial charge is 0.302 e. The Morgan fingerprint density at radius 3 is 2.61 bits per heavy atom. The number of hydrogen-bond acceptors (Lipinski definition) is 7. The Bertz CT molecular complexity index is 1540. The summed E-state index contributed by atoms with van der Waals surface area (Å²) in [5.74, 6) is -0.736. The lowest BCUT2D eigenvalue weighted by molar-refractivity contribution is -0.141. The topological polar surface area (TPSA) is 107 Å². The molecule has 0 radical (unpaired) electrons. The number of benzene rings is 3. The molecular formula is C27H24ClN5O5. The van der Waals surface area contributed by atoms with Crippen molar-refractivity contribution in [3.8, 4) is 5.75 Å². The van der Waals surface area contributed by atoms with Crippen molar-refractivity contribution in [1.29, 1.82) is 0 Å². The van der Waals surface area contributed by atoms with E-state index in [1.165, 1.54) is 27.7 Å². The number of rotatable bonds is 6. The molecule has 0 aliphatic carbocycles. The predicted octanol–water partition coefficient (Wildman–Crippen LogP) is 3.74. The van der Waals surface area contributed by atoms with Gasteiger partial charge in [-0.05, 0) is 54.1 Å². The Kier molecular flexibility index (Phi) is 6.97. The standard InChI is InChI=1S/C27H24ClN5O5/c1-17-26(35)31(33-25-10-6-4-8-23(25)29-30-33)16-19-7-3-5-9-24(19)32(17)27(36)21-12-11-20(15-22(21)28)38-14-13-37-18(2)34/h3-12,15,17H,13-14,16H2,1-2H3. The number of carbonyl (C=O) groups excluding carboxylic acids is 3. The van der Waals surface area contributed by atoms with E-state index in [0.29, 0.717) is 22.5 Å². The van der Waals surface area contributed by atoms with Crippen LogP contribution >= 0.6 is 11.6 Å². The second-order valence-electron chi connectivity index (χ2n) is 8.67. The SMILES string of the molecule is CC(=O)OCCOc1ccc(C(=O)N2c3ccccc3CN(n3nnc4ccccc43)C(=O)C2C)c(Cl)c1. The fourth-order valence-corrected chi connectivity index (χ4v) is 4.62. The lowest BCUT2D eigenvalue weighted by Gasteiger charge is -2.29. The Morgan fingerprint density at radius 1 is 1.05 bits per heavy atom. The minimum atomic E-state index is -0.871. The first-order valence-corrected chi connectivity index (χ1v) is 12.3. The second-order valence-corrected chi connectivity index (χ2v) is 9.08. The normalized spacial score (nSPS) is 15.2. The van der Waals surface area contributed by atoms with E-state index in [0.717, 1.165) is 5.56 Å². The molecule has 0 spiro atoms. The largest absolute Gasteiger partial charge is 0.490 e. The quantitative estimate of drug-likeness (QED) is 0.274. The lowest BCUT2D eigenvalue weighted by atomic mass is 10.1. The summed E-state index contributed by atoms with van der Waals surface area (Å²) in [5.41, 5.74) is 2.91. The van der Waals surface area contributed by atoms with E-state index in [2.05, 4.69) is 10.3 Å². The van der Waals surface area contributed by atoms with Gasteiger partial charge in [0.15, 0.2) is 0 Å². The molecule has 0 fully saturated rings. The molecule has 4 aromatic rings. The number of esters is 1. The van der Waals surface area contributed by atoms with Gasteiger partial charge in [0, 0.05) is 12.6 Å². The molecule has 1 aliphatic rings. The molecule has 1 unspecified atom stereocenters. The molecule has 3 aromatic carbocycles. The van der Waals surface area contributed by atoms with Crippen LogP contribution in [-0.2, 0) is 20.9 Å². The van der Waals surface area contributed by atoms with Gasteiger partial charge in [-0.15, -0.1) is 9.89 Å². The van der Waals surface area contributed by atoms with Gasteiger partial charge in [0.25, 0.3) is 11.8 Å². The third-order valence-corrected chi connectivity index (χ3v) is 6.49. The molecule has 10 nitrogen and oxygen atoms in total. The van der Waals surface area contributed by atoms with E-state index in [1.807, 2.05) is 42.5 Å². The number of carbonyl (C=O) groups is 3. The fourth-order valence-electron chi connectivity index (χ4n) is 4.37. The van der Waals surface area contributed by atoms with Crippen LogP contribution in [0.4, 0.5) is 5.69 Å². The molecule has 0 saturated heterocycles. The molecule has 5 rings (SSSR count). The molecule has 2 amide bonds. The number of hydrogen-bond donors (Lipinski definition) is 0. The third kappa shape index (κ3) is 4.78. The monoisotopic (exact) mass is 533 g/mol. The Hall–Kier alpha value is -4.44. The number of ether oxygens (including phenoxy) is 2. The summed E-state index contributed by atoms with van der Waals surface area (Å²) < 4.78 is 10.4. The Labute approximate surface area is 223 Å². The van der Waals surface area contributed by atoms with E-state index >= 15 is 0 Å². The maximum Gasteiger partial charge on any atom is 0.302 e. The Morgan fingerprint density at radius 2 is 1.82 bits per heavy atom. The van der Waals surface area contributed by atoms with Crippen LogP contribution in [0, 0.1) is 0 Å². The highest BCUT2D eigenvalue weighted by Gasteiger charge is 2.38. The molecule has 38 heavy (non-hydrogen) atoms. The van der Waals surface area contributed by atoms with Gasteiger partial charge in [0.2, 0.25) is 0 Å². The number of halogens is 1. The van der Waals surface area contributed by atoms with Crippen molar-refractivity contribution in [2.75, 3.05) is 23.1 Å². The summed E-state index contributed by atoms with van der Waals surface area (Å²) in [5, 5.41) is 10.1. The molecule has 0 bridgehead atoms. The van der Waals surface area contributed by atoms with Crippen LogP contribution in [0.5, 0.6) is 5.75 Å². The van der Waals surface area contributed by atoms with Gasteiger partial charge in [0.1, 0.15) is 36.0 Å². The van der Waals surface area contributed by atoms with Crippen molar-refractivity contribution in [2.24, 2.45) is 0 Å². The molecule has 2 heterocycles. The predicted molar refractivity (Wildman–Crippen MR) is 141 cm³/mol. The highest BCUT2D eigenvalue weighted by Crippen LogP contribution is 2.32. The van der Waals surface area contributed by atoms with Crippen LogP contribution in [0.3, 0.4) is 0 Å². The summed E-state index contributed by atoms with van der Waals surface area (Å²) in [6.45, 7) is 3.42. The highest BCUT2D eigenvalue weighted by molar-refractivity contribution is 6.35. The van der Waals surface area contributed by atoms with Crippen LogP contribution in [0.25, 0.3) is 11.0 Å². The zero-order valence-electron chi connectivity index (χ0n) is 20.7. The van der Waals surface area contributed by atoms with Gasteiger partial charge >= 0.3 is 5.97 Å². The van der Waals surface area contributed by atoms with Crippen molar-refractivity contribution in [3.63, 3.8) is 0 Å². The first-order valence-electron chi connectivity index (χ1n) is 11.9. The van der Waals surface area contributed by atoms with E-state index in [-0.39, 0.29) is 36.3 Å². The average Bonchev–Trinajstić information content (AvgIpc) is 3.29. The van der Waals surface area contributed by atoms with Gasteiger partial charge < -0.3 is 9.47 Å². The first-order chi connectivity index (χ1) is 18.3. The molecule has 1 aromatic heterocycles. The van der Waals surface area contributed by atoms with E-state index < -0.39 is 17.9 Å². The van der Waals surface area contributed by atoms with Crippen molar-refractivity contribution in [3.05, 3.63) is 82.9 Å². The van der Waals surface area contributed by atoms with Gasteiger partial charge in [-0.1, -0.05) is 41.9 Å². The molecule has 0 saturated carbocycles. The number of anilines is 1. The first kappa shape index (κ1) is 25.2. The van der Waals surface area contributed by atoms with Crippen molar-refractivity contribution >= 4 is 46.1 Å². The minimum absolute atomic E-state index is 0.0926. The molecule has 1 aliphatic heterocycles. The minimum Gasteiger partial charge on any atom is -0.490 e.